The van der Waals surface area contributed by atoms with Crippen molar-refractivity contribution in [2.24, 2.45) is 5.92 Å². The zero-order chi connectivity index (χ0) is 14.0. The summed E-state index contributed by atoms with van der Waals surface area (Å²) in [5.74, 6) is 0.241. The topological polar surface area (TPSA) is 42.4 Å². The maximum absolute atomic E-state index is 11.6. The SMILES string of the molecule is COC(=O)c1sc(N(CCC(C)C)C2CC2)nc1Cl. The Morgan fingerprint density at radius 3 is 2.79 bits per heavy atom. The first-order chi connectivity index (χ1) is 9.02. The average Bonchev–Trinajstić information content (AvgIpc) is 3.12. The lowest BCUT2D eigenvalue weighted by atomic mass is 10.1. The third-order valence-corrected chi connectivity index (χ3v) is 4.58. The maximum atomic E-state index is 11.6. The molecule has 0 atom stereocenters. The van der Waals surface area contributed by atoms with E-state index in [4.69, 9.17) is 16.3 Å². The average molecular weight is 303 g/mol. The second kappa shape index (κ2) is 6.09. The Bertz CT molecular complexity index is 457. The van der Waals surface area contributed by atoms with E-state index in [0.717, 1.165) is 18.1 Å². The van der Waals surface area contributed by atoms with Crippen molar-refractivity contribution in [1.29, 1.82) is 0 Å². The summed E-state index contributed by atoms with van der Waals surface area (Å²) in [4.78, 5) is 18.6. The Hall–Kier alpha value is -0.810. The molecule has 2 rings (SSSR count). The molecule has 0 aliphatic heterocycles. The van der Waals surface area contributed by atoms with Crippen LogP contribution in [0.3, 0.4) is 0 Å². The normalized spacial score (nSPS) is 14.8. The first kappa shape index (κ1) is 14.6. The van der Waals surface area contributed by atoms with E-state index < -0.39 is 5.97 Å². The molecule has 0 amide bonds. The van der Waals surface area contributed by atoms with Gasteiger partial charge >= 0.3 is 5.97 Å². The predicted octanol–water partition coefficient (Wildman–Crippen LogP) is 3.60. The summed E-state index contributed by atoms with van der Waals surface area (Å²) in [5, 5.41) is 1.09. The number of carbonyl (C=O) groups excluding carboxylic acids is 1. The Morgan fingerprint density at radius 2 is 2.26 bits per heavy atom. The number of hydrogen-bond acceptors (Lipinski definition) is 5. The number of carbonyl (C=O) groups is 1. The van der Waals surface area contributed by atoms with E-state index in [2.05, 4.69) is 23.7 Å². The number of rotatable bonds is 6. The summed E-state index contributed by atoms with van der Waals surface area (Å²) in [6, 6.07) is 0.562. The molecule has 0 N–H and O–H groups in total. The predicted molar refractivity (Wildman–Crippen MR) is 78.3 cm³/mol. The van der Waals surface area contributed by atoms with Crippen molar-refractivity contribution in [1.82, 2.24) is 4.98 Å². The number of halogens is 1. The standard InChI is InChI=1S/C13H19ClN2O2S/c1-8(2)6-7-16(9-4-5-9)13-15-11(14)10(19-13)12(17)18-3/h8-9H,4-7H2,1-3H3. The van der Waals surface area contributed by atoms with E-state index in [1.165, 1.54) is 31.3 Å². The van der Waals surface area contributed by atoms with Gasteiger partial charge in [-0.3, -0.25) is 0 Å². The van der Waals surface area contributed by atoms with Crippen LogP contribution in [-0.2, 0) is 4.74 Å². The molecule has 1 aromatic rings. The van der Waals surface area contributed by atoms with Crippen LogP contribution >= 0.6 is 22.9 Å². The first-order valence-electron chi connectivity index (χ1n) is 6.54. The van der Waals surface area contributed by atoms with Crippen LogP contribution in [-0.4, -0.2) is 30.6 Å². The number of methoxy groups -OCH3 is 1. The van der Waals surface area contributed by atoms with E-state index in [1.54, 1.807) is 0 Å². The second-order valence-electron chi connectivity index (χ2n) is 5.22. The summed E-state index contributed by atoms with van der Waals surface area (Å²) in [6.45, 7) is 5.38. The molecule has 19 heavy (non-hydrogen) atoms. The molecule has 4 nitrogen and oxygen atoms in total. The van der Waals surface area contributed by atoms with Crippen molar-refractivity contribution >= 4 is 34.0 Å². The molecule has 1 fully saturated rings. The Morgan fingerprint density at radius 1 is 1.58 bits per heavy atom. The van der Waals surface area contributed by atoms with Gasteiger partial charge in [0.2, 0.25) is 0 Å². The first-order valence-corrected chi connectivity index (χ1v) is 7.73. The second-order valence-corrected chi connectivity index (χ2v) is 6.55. The van der Waals surface area contributed by atoms with Crippen LogP contribution in [0, 0.1) is 5.92 Å². The molecule has 1 heterocycles. The highest BCUT2D eigenvalue weighted by Crippen LogP contribution is 2.37. The van der Waals surface area contributed by atoms with Gasteiger partial charge in [0.1, 0.15) is 0 Å². The number of esters is 1. The van der Waals surface area contributed by atoms with Gasteiger partial charge in [0.15, 0.2) is 15.2 Å². The lowest BCUT2D eigenvalue weighted by Crippen LogP contribution is -2.27. The summed E-state index contributed by atoms with van der Waals surface area (Å²) < 4.78 is 4.71. The van der Waals surface area contributed by atoms with Crippen molar-refractivity contribution in [2.45, 2.75) is 39.2 Å². The smallest absolute Gasteiger partial charge is 0.351 e. The summed E-state index contributed by atoms with van der Waals surface area (Å²) in [7, 11) is 1.36. The number of anilines is 1. The van der Waals surface area contributed by atoms with E-state index in [0.29, 0.717) is 16.8 Å². The zero-order valence-corrected chi connectivity index (χ0v) is 13.1. The van der Waals surface area contributed by atoms with Crippen molar-refractivity contribution in [3.63, 3.8) is 0 Å². The molecule has 0 saturated heterocycles. The molecule has 0 aromatic carbocycles. The molecule has 0 bridgehead atoms. The van der Waals surface area contributed by atoms with Crippen molar-refractivity contribution in [2.75, 3.05) is 18.6 Å². The number of hydrogen-bond donors (Lipinski definition) is 0. The molecule has 6 heteroatoms. The van der Waals surface area contributed by atoms with Gasteiger partial charge in [-0.15, -0.1) is 0 Å². The van der Waals surface area contributed by atoms with E-state index in [-0.39, 0.29) is 5.15 Å². The summed E-state index contributed by atoms with van der Waals surface area (Å²) in [5.41, 5.74) is 0. The Balaban J connectivity index is 2.15. The lowest BCUT2D eigenvalue weighted by Gasteiger charge is -2.22. The van der Waals surface area contributed by atoms with Crippen LogP contribution in [0.5, 0.6) is 0 Å². The molecule has 0 spiro atoms. The Kier molecular flexibility index (Phi) is 4.68. The molecular weight excluding hydrogens is 284 g/mol. The van der Waals surface area contributed by atoms with Crippen LogP contribution in [0.15, 0.2) is 0 Å². The fourth-order valence-electron chi connectivity index (χ4n) is 1.85. The minimum atomic E-state index is -0.409. The highest BCUT2D eigenvalue weighted by molar-refractivity contribution is 7.18. The third kappa shape index (κ3) is 3.60. The molecular formula is C13H19ClN2O2S. The van der Waals surface area contributed by atoms with Crippen LogP contribution in [0.2, 0.25) is 5.15 Å². The molecule has 1 aromatic heterocycles. The highest BCUT2D eigenvalue weighted by Gasteiger charge is 2.32. The quantitative estimate of drug-likeness (QED) is 0.753. The van der Waals surface area contributed by atoms with Gasteiger partial charge in [0.25, 0.3) is 0 Å². The van der Waals surface area contributed by atoms with Gasteiger partial charge < -0.3 is 9.64 Å². The molecule has 106 valence electrons. The largest absolute Gasteiger partial charge is 0.465 e. The lowest BCUT2D eigenvalue weighted by molar-refractivity contribution is 0.0606. The summed E-state index contributed by atoms with van der Waals surface area (Å²) in [6.07, 6.45) is 3.51. The van der Waals surface area contributed by atoms with Gasteiger partial charge in [0, 0.05) is 12.6 Å². The van der Waals surface area contributed by atoms with Gasteiger partial charge in [-0.2, -0.15) is 0 Å². The van der Waals surface area contributed by atoms with Crippen molar-refractivity contribution in [3.05, 3.63) is 10.0 Å². The van der Waals surface area contributed by atoms with Crippen LogP contribution in [0.1, 0.15) is 42.8 Å². The Labute approximate surface area is 122 Å². The van der Waals surface area contributed by atoms with Crippen molar-refractivity contribution in [3.8, 4) is 0 Å². The fourth-order valence-corrected chi connectivity index (χ4v) is 3.15. The van der Waals surface area contributed by atoms with Gasteiger partial charge in [-0.25, -0.2) is 9.78 Å². The molecule has 1 aliphatic carbocycles. The molecule has 0 unspecified atom stereocenters. The molecule has 1 aliphatic rings. The van der Waals surface area contributed by atoms with E-state index in [1.807, 2.05) is 0 Å². The third-order valence-electron chi connectivity index (χ3n) is 3.13. The van der Waals surface area contributed by atoms with Crippen LogP contribution in [0.4, 0.5) is 5.13 Å². The number of ether oxygens (including phenoxy) is 1. The van der Waals surface area contributed by atoms with Crippen molar-refractivity contribution < 1.29 is 9.53 Å². The van der Waals surface area contributed by atoms with Crippen LogP contribution < -0.4 is 4.90 Å². The zero-order valence-electron chi connectivity index (χ0n) is 11.5. The minimum Gasteiger partial charge on any atom is -0.465 e. The summed E-state index contributed by atoms with van der Waals surface area (Å²) >= 11 is 7.35. The fraction of sp³-hybridized carbons (Fsp3) is 0.692. The molecule has 1 saturated carbocycles. The number of nitrogens with zero attached hydrogens (tertiary/aromatic N) is 2. The van der Waals surface area contributed by atoms with Crippen LogP contribution in [0.25, 0.3) is 0 Å². The maximum Gasteiger partial charge on any atom is 0.351 e. The minimum absolute atomic E-state index is 0.252. The van der Waals surface area contributed by atoms with E-state index >= 15 is 0 Å². The monoisotopic (exact) mass is 302 g/mol. The number of thiazole rings is 1. The number of aromatic nitrogens is 1. The van der Waals surface area contributed by atoms with Gasteiger partial charge in [0.05, 0.1) is 7.11 Å². The highest BCUT2D eigenvalue weighted by atomic mass is 35.5. The molecule has 0 radical (unpaired) electrons. The van der Waals surface area contributed by atoms with Gasteiger partial charge in [-0.05, 0) is 25.2 Å². The van der Waals surface area contributed by atoms with E-state index in [9.17, 15) is 4.79 Å². The van der Waals surface area contributed by atoms with Gasteiger partial charge in [-0.1, -0.05) is 36.8 Å².